The Kier molecular flexibility index (Phi) is 5.97. The number of aliphatic hydroxyl groups is 1. The molecule has 2 aliphatic carbocycles. The van der Waals surface area contributed by atoms with Crippen LogP contribution in [0.3, 0.4) is 0 Å². The van der Waals surface area contributed by atoms with Crippen LogP contribution in [0.25, 0.3) is 0 Å². The van der Waals surface area contributed by atoms with E-state index in [9.17, 15) is 23.1 Å². The molecule has 0 fully saturated rings. The maximum absolute atomic E-state index is 13.6. The second-order valence-electron chi connectivity index (χ2n) is 11.7. The van der Waals surface area contributed by atoms with Gasteiger partial charge in [-0.2, -0.15) is 5.10 Å². The zero-order valence-corrected chi connectivity index (χ0v) is 24.3. The molecule has 2 aliphatic heterocycles. The summed E-state index contributed by atoms with van der Waals surface area (Å²) in [5, 5.41) is 17.6. The van der Waals surface area contributed by atoms with Crippen LogP contribution in [0, 0.1) is 10.8 Å². The minimum atomic E-state index is -4.11. The molecule has 3 unspecified atom stereocenters. The van der Waals surface area contributed by atoms with E-state index in [0.717, 1.165) is 16.7 Å². The van der Waals surface area contributed by atoms with Gasteiger partial charge < -0.3 is 20.9 Å². The third-order valence-corrected chi connectivity index (χ3v) is 10.3. The van der Waals surface area contributed by atoms with Gasteiger partial charge in [-0.1, -0.05) is 62.8 Å². The third kappa shape index (κ3) is 3.82. The fourth-order valence-electron chi connectivity index (χ4n) is 6.60. The molecule has 6 rings (SSSR count). The average molecular weight is 590 g/mol. The van der Waals surface area contributed by atoms with Crippen molar-refractivity contribution in [2.24, 2.45) is 21.7 Å². The lowest BCUT2D eigenvalue weighted by Gasteiger charge is -2.58. The fourth-order valence-corrected chi connectivity index (χ4v) is 7.68. The highest BCUT2D eigenvalue weighted by Gasteiger charge is 2.63. The SMILES string of the molecule is CC1=CC=C2C(C)(C)C(=NNC(N)=O)C(NS(=O)(=O)c3ccccc3)=CC23Oc2c(ccc4c2C(O)NC4=O)CC13C. The number of carbonyl (C=O) groups excluding carboxylic acids is 2. The van der Waals surface area contributed by atoms with Gasteiger partial charge in [-0.05, 0) is 48.8 Å². The summed E-state index contributed by atoms with van der Waals surface area (Å²) in [4.78, 5) is 24.3. The summed E-state index contributed by atoms with van der Waals surface area (Å²) in [5.41, 5.74) is 8.11. The zero-order valence-electron chi connectivity index (χ0n) is 23.5. The summed E-state index contributed by atoms with van der Waals surface area (Å²) in [6, 6.07) is 10.5. The average Bonchev–Trinajstić information content (AvgIpc) is 3.21. The van der Waals surface area contributed by atoms with Crippen molar-refractivity contribution >= 4 is 27.7 Å². The Morgan fingerprint density at radius 2 is 1.86 bits per heavy atom. The van der Waals surface area contributed by atoms with Gasteiger partial charge in [-0.25, -0.2) is 18.6 Å². The van der Waals surface area contributed by atoms with E-state index in [2.05, 4.69) is 20.6 Å². The van der Waals surface area contributed by atoms with Crippen LogP contribution < -0.4 is 25.9 Å². The minimum absolute atomic E-state index is 0.0349. The molecule has 3 amide bonds. The van der Waals surface area contributed by atoms with Crippen LogP contribution in [0.15, 0.2) is 87.5 Å². The second-order valence-corrected chi connectivity index (χ2v) is 13.4. The highest BCUT2D eigenvalue weighted by atomic mass is 32.2. The molecule has 2 heterocycles. The van der Waals surface area contributed by atoms with Gasteiger partial charge in [-0.15, -0.1) is 0 Å². The topological polar surface area (TPSA) is 172 Å². The number of sulfonamides is 1. The summed E-state index contributed by atoms with van der Waals surface area (Å²) < 4.78 is 36.9. The van der Waals surface area contributed by atoms with Crippen molar-refractivity contribution in [2.45, 2.75) is 50.8 Å². The van der Waals surface area contributed by atoms with E-state index in [1.54, 1.807) is 30.3 Å². The fraction of sp³-hybridized carbons (Fsp3) is 0.300. The van der Waals surface area contributed by atoms with Gasteiger partial charge in [0.2, 0.25) is 0 Å². The lowest BCUT2D eigenvalue weighted by atomic mass is 9.51. The number of urea groups is 1. The molecule has 11 nitrogen and oxygen atoms in total. The van der Waals surface area contributed by atoms with Gasteiger partial charge in [-0.3, -0.25) is 9.52 Å². The Bertz CT molecular complexity index is 1790. The number of hydrogen-bond acceptors (Lipinski definition) is 7. The highest BCUT2D eigenvalue weighted by Crippen LogP contribution is 2.62. The van der Waals surface area contributed by atoms with Crippen molar-refractivity contribution in [3.63, 3.8) is 0 Å². The Hall–Kier alpha value is -4.42. The summed E-state index contributed by atoms with van der Waals surface area (Å²) in [6.45, 7) is 7.75. The molecule has 42 heavy (non-hydrogen) atoms. The number of nitrogens with zero attached hydrogens (tertiary/aromatic N) is 1. The van der Waals surface area contributed by atoms with Crippen LogP contribution >= 0.6 is 0 Å². The number of benzene rings is 2. The summed E-state index contributed by atoms with van der Waals surface area (Å²) >= 11 is 0. The Morgan fingerprint density at radius 3 is 2.55 bits per heavy atom. The number of allylic oxidation sites excluding steroid dienone is 3. The van der Waals surface area contributed by atoms with Crippen molar-refractivity contribution in [2.75, 3.05) is 0 Å². The van der Waals surface area contributed by atoms with E-state index in [-0.39, 0.29) is 16.3 Å². The molecular weight excluding hydrogens is 558 g/mol. The zero-order chi connectivity index (χ0) is 30.2. The van der Waals surface area contributed by atoms with Crippen molar-refractivity contribution in [1.29, 1.82) is 0 Å². The number of nitrogens with two attached hydrogens (primary N) is 1. The molecule has 0 aromatic heterocycles. The lowest BCUT2D eigenvalue weighted by Crippen LogP contribution is -2.63. The Labute approximate surface area is 243 Å². The monoisotopic (exact) mass is 589 g/mol. The molecule has 2 aromatic carbocycles. The molecule has 12 heteroatoms. The predicted molar refractivity (Wildman–Crippen MR) is 155 cm³/mol. The second kappa shape index (κ2) is 9.04. The first kappa shape index (κ1) is 27.7. The number of primary amides is 1. The van der Waals surface area contributed by atoms with Gasteiger partial charge in [0.05, 0.1) is 27.4 Å². The maximum atomic E-state index is 13.6. The van der Waals surface area contributed by atoms with E-state index in [0.29, 0.717) is 23.3 Å². The van der Waals surface area contributed by atoms with Crippen molar-refractivity contribution in [3.8, 4) is 5.75 Å². The maximum Gasteiger partial charge on any atom is 0.332 e. The Balaban J connectivity index is 1.63. The first-order chi connectivity index (χ1) is 19.7. The molecule has 3 atom stereocenters. The summed E-state index contributed by atoms with van der Waals surface area (Å²) in [5.74, 6) is -0.0441. The number of ether oxygens (including phenoxy) is 1. The first-order valence-electron chi connectivity index (χ1n) is 13.4. The van der Waals surface area contributed by atoms with Crippen LogP contribution in [0.5, 0.6) is 5.75 Å². The minimum Gasteiger partial charge on any atom is -0.477 e. The molecule has 0 saturated carbocycles. The number of fused-ring (bicyclic) bond motifs is 3. The summed E-state index contributed by atoms with van der Waals surface area (Å²) in [6.07, 6.45) is 4.81. The van der Waals surface area contributed by atoms with E-state index >= 15 is 0 Å². The molecule has 6 N–H and O–H groups in total. The lowest BCUT2D eigenvalue weighted by molar-refractivity contribution is 0.00678. The smallest absolute Gasteiger partial charge is 0.332 e. The number of nitrogens with one attached hydrogen (secondary N) is 3. The molecule has 4 aliphatic rings. The number of aliphatic hydroxyl groups excluding tert-OH is 1. The molecule has 0 radical (unpaired) electrons. The van der Waals surface area contributed by atoms with Gasteiger partial charge in [0, 0.05) is 10.8 Å². The largest absolute Gasteiger partial charge is 0.477 e. The van der Waals surface area contributed by atoms with Gasteiger partial charge in [0.1, 0.15) is 5.75 Å². The van der Waals surface area contributed by atoms with Crippen LogP contribution in [0.2, 0.25) is 0 Å². The number of carbonyl (C=O) groups is 2. The predicted octanol–water partition coefficient (Wildman–Crippen LogP) is 2.91. The Morgan fingerprint density at radius 1 is 1.14 bits per heavy atom. The van der Waals surface area contributed by atoms with E-state index < -0.39 is 44.6 Å². The number of hydrazone groups is 1. The third-order valence-electron chi connectivity index (χ3n) is 8.90. The normalized spacial score (nSPS) is 28.0. The molecule has 0 saturated heterocycles. The molecular formula is C30H31N5O6S. The highest BCUT2D eigenvalue weighted by molar-refractivity contribution is 7.89. The number of rotatable bonds is 4. The van der Waals surface area contributed by atoms with Gasteiger partial charge in [0.25, 0.3) is 15.9 Å². The van der Waals surface area contributed by atoms with E-state index in [4.69, 9.17) is 10.5 Å². The van der Waals surface area contributed by atoms with Crippen LogP contribution in [0.4, 0.5) is 4.79 Å². The summed E-state index contributed by atoms with van der Waals surface area (Å²) in [7, 11) is -4.11. The van der Waals surface area contributed by atoms with Crippen molar-refractivity contribution in [3.05, 3.63) is 94.2 Å². The number of amides is 3. The van der Waals surface area contributed by atoms with E-state index in [1.165, 1.54) is 12.1 Å². The van der Waals surface area contributed by atoms with Crippen molar-refractivity contribution < 1.29 is 27.9 Å². The van der Waals surface area contributed by atoms with Gasteiger partial charge in [0.15, 0.2) is 11.8 Å². The van der Waals surface area contributed by atoms with Crippen LogP contribution in [-0.4, -0.2) is 36.8 Å². The van der Waals surface area contributed by atoms with Gasteiger partial charge >= 0.3 is 6.03 Å². The standard InChI is InChI=1S/C30H31N5O6S/c1-16-10-13-21-28(2,3)24(33-34-27(31)38)20(35-42(39,40)18-8-6-5-7-9-18)15-30(21)29(16,4)14-17-11-12-19-22(23(17)41-30)26(37)32-25(19)36/h5-13,15,26,35,37H,14H2,1-4H3,(H,32,36)(H3,31,34,38). The molecule has 2 aromatic rings. The van der Waals surface area contributed by atoms with Crippen molar-refractivity contribution in [1.82, 2.24) is 15.5 Å². The first-order valence-corrected chi connectivity index (χ1v) is 14.9. The number of hydrogen-bond donors (Lipinski definition) is 5. The van der Waals surface area contributed by atoms with Crippen LogP contribution in [0.1, 0.15) is 55.4 Å². The quantitative estimate of drug-likeness (QED) is 0.343. The molecule has 1 spiro atoms. The van der Waals surface area contributed by atoms with Crippen LogP contribution in [-0.2, 0) is 16.4 Å². The molecule has 218 valence electrons. The van der Waals surface area contributed by atoms with E-state index in [1.807, 2.05) is 45.9 Å². The molecule has 0 bridgehead atoms.